The molecule has 2 nitrogen and oxygen atoms in total. The second kappa shape index (κ2) is 11.0. The first-order valence-electron chi connectivity index (χ1n) is 6.15. The van der Waals surface area contributed by atoms with Crippen LogP contribution in [0.3, 0.4) is 0 Å². The highest BCUT2D eigenvalue weighted by Gasteiger charge is 1.98. The van der Waals surface area contributed by atoms with Crippen molar-refractivity contribution < 1.29 is 5.11 Å². The van der Waals surface area contributed by atoms with Gasteiger partial charge in [0.15, 0.2) is 0 Å². The van der Waals surface area contributed by atoms with E-state index in [-0.39, 0.29) is 0 Å². The highest BCUT2D eigenvalue weighted by molar-refractivity contribution is 4.60. The molecule has 14 heavy (non-hydrogen) atoms. The lowest BCUT2D eigenvalue weighted by Gasteiger charge is -2.12. The van der Waals surface area contributed by atoms with Crippen molar-refractivity contribution >= 4 is 0 Å². The molecular formula is C12H27NO. The Morgan fingerprint density at radius 1 is 1.07 bits per heavy atom. The van der Waals surface area contributed by atoms with Crippen LogP contribution in [0.2, 0.25) is 0 Å². The highest BCUT2D eigenvalue weighted by Crippen LogP contribution is 2.01. The van der Waals surface area contributed by atoms with Crippen molar-refractivity contribution in [3.05, 3.63) is 0 Å². The Morgan fingerprint density at radius 3 is 2.43 bits per heavy atom. The number of aliphatic hydroxyl groups excluding tert-OH is 1. The van der Waals surface area contributed by atoms with E-state index in [0.717, 1.165) is 13.0 Å². The molecular weight excluding hydrogens is 174 g/mol. The minimum absolute atomic E-state index is 0.348. The van der Waals surface area contributed by atoms with Gasteiger partial charge >= 0.3 is 0 Å². The van der Waals surface area contributed by atoms with E-state index >= 15 is 0 Å². The summed E-state index contributed by atoms with van der Waals surface area (Å²) in [5.41, 5.74) is 0. The zero-order valence-electron chi connectivity index (χ0n) is 9.89. The maximum absolute atomic E-state index is 8.59. The fraction of sp³-hybridized carbons (Fsp3) is 1.00. The van der Waals surface area contributed by atoms with Crippen molar-refractivity contribution in [3.8, 4) is 0 Å². The average Bonchev–Trinajstić information content (AvgIpc) is 2.20. The van der Waals surface area contributed by atoms with Crippen LogP contribution < -0.4 is 5.32 Å². The smallest absolute Gasteiger partial charge is 0.0431 e. The van der Waals surface area contributed by atoms with Crippen LogP contribution >= 0.6 is 0 Å². The summed E-state index contributed by atoms with van der Waals surface area (Å²) in [7, 11) is 0. The first-order chi connectivity index (χ1) is 6.81. The molecule has 86 valence electrons. The minimum Gasteiger partial charge on any atom is -0.396 e. The molecule has 0 heterocycles. The molecule has 1 unspecified atom stereocenters. The van der Waals surface area contributed by atoms with Crippen molar-refractivity contribution in [1.82, 2.24) is 5.32 Å². The molecule has 0 fully saturated rings. The Morgan fingerprint density at radius 2 is 1.79 bits per heavy atom. The van der Waals surface area contributed by atoms with Crippen molar-refractivity contribution in [1.29, 1.82) is 0 Å². The second-order valence-corrected chi connectivity index (χ2v) is 4.14. The average molecular weight is 201 g/mol. The van der Waals surface area contributed by atoms with Crippen LogP contribution in [0.15, 0.2) is 0 Å². The monoisotopic (exact) mass is 201 g/mol. The largest absolute Gasteiger partial charge is 0.396 e. The van der Waals surface area contributed by atoms with Crippen LogP contribution in [-0.2, 0) is 0 Å². The van der Waals surface area contributed by atoms with E-state index in [1.807, 2.05) is 0 Å². The van der Waals surface area contributed by atoms with Gasteiger partial charge < -0.3 is 10.4 Å². The summed E-state index contributed by atoms with van der Waals surface area (Å²) >= 11 is 0. The summed E-state index contributed by atoms with van der Waals surface area (Å²) in [6.07, 6.45) is 8.55. The molecule has 0 rings (SSSR count). The van der Waals surface area contributed by atoms with Gasteiger partial charge in [-0.15, -0.1) is 0 Å². The predicted molar refractivity (Wildman–Crippen MR) is 62.5 cm³/mol. The lowest BCUT2D eigenvalue weighted by molar-refractivity contribution is 0.282. The fourth-order valence-electron chi connectivity index (χ4n) is 1.55. The summed E-state index contributed by atoms with van der Waals surface area (Å²) in [4.78, 5) is 0. The van der Waals surface area contributed by atoms with Gasteiger partial charge in [-0.3, -0.25) is 0 Å². The van der Waals surface area contributed by atoms with Crippen molar-refractivity contribution in [3.63, 3.8) is 0 Å². The Labute approximate surface area is 89.1 Å². The molecule has 0 aromatic heterocycles. The van der Waals surface area contributed by atoms with E-state index in [1.165, 1.54) is 38.5 Å². The molecule has 0 aromatic rings. The molecule has 0 aliphatic carbocycles. The van der Waals surface area contributed by atoms with E-state index in [1.54, 1.807) is 0 Å². The number of rotatable bonds is 10. The number of unbranched alkanes of at least 4 members (excludes halogenated alkanes) is 4. The Balaban J connectivity index is 3.02. The Kier molecular flexibility index (Phi) is 10.9. The maximum atomic E-state index is 8.59. The standard InChI is InChI=1S/C12H27NO/c1-3-4-9-12(2)13-10-7-5-6-8-11-14/h12-14H,3-11H2,1-2H3. The third kappa shape index (κ3) is 10.0. The van der Waals surface area contributed by atoms with Crippen LogP contribution in [0, 0.1) is 0 Å². The van der Waals surface area contributed by atoms with Crippen LogP contribution in [0.1, 0.15) is 58.8 Å². The van der Waals surface area contributed by atoms with Gasteiger partial charge in [-0.2, -0.15) is 0 Å². The van der Waals surface area contributed by atoms with E-state index in [0.29, 0.717) is 12.6 Å². The van der Waals surface area contributed by atoms with Crippen molar-refractivity contribution in [2.45, 2.75) is 64.8 Å². The van der Waals surface area contributed by atoms with Gasteiger partial charge in [-0.05, 0) is 32.7 Å². The zero-order chi connectivity index (χ0) is 10.6. The summed E-state index contributed by atoms with van der Waals surface area (Å²) in [5.74, 6) is 0. The van der Waals surface area contributed by atoms with Crippen LogP contribution in [0.5, 0.6) is 0 Å². The molecule has 0 saturated heterocycles. The topological polar surface area (TPSA) is 32.3 Å². The molecule has 0 aliphatic rings. The normalized spacial score (nSPS) is 13.1. The fourth-order valence-corrected chi connectivity index (χ4v) is 1.55. The molecule has 0 aromatic carbocycles. The van der Waals surface area contributed by atoms with E-state index in [2.05, 4.69) is 19.2 Å². The van der Waals surface area contributed by atoms with Crippen LogP contribution in [0.25, 0.3) is 0 Å². The number of nitrogens with one attached hydrogen (secondary N) is 1. The minimum atomic E-state index is 0.348. The Bertz CT molecular complexity index is 106. The SMILES string of the molecule is CCCCC(C)NCCCCCCO. The number of hydrogen-bond acceptors (Lipinski definition) is 2. The van der Waals surface area contributed by atoms with Crippen LogP contribution in [0.4, 0.5) is 0 Å². The summed E-state index contributed by atoms with van der Waals surface area (Å²) in [6.45, 7) is 5.99. The van der Waals surface area contributed by atoms with Crippen molar-refractivity contribution in [2.24, 2.45) is 0 Å². The molecule has 2 N–H and O–H groups in total. The molecule has 2 heteroatoms. The van der Waals surface area contributed by atoms with Gasteiger partial charge in [0, 0.05) is 12.6 Å². The lowest BCUT2D eigenvalue weighted by atomic mass is 10.1. The van der Waals surface area contributed by atoms with Gasteiger partial charge in [-0.25, -0.2) is 0 Å². The zero-order valence-corrected chi connectivity index (χ0v) is 9.89. The third-order valence-electron chi connectivity index (χ3n) is 2.57. The first kappa shape index (κ1) is 13.9. The highest BCUT2D eigenvalue weighted by atomic mass is 16.2. The molecule has 0 saturated carbocycles. The summed E-state index contributed by atoms with van der Waals surface area (Å²) in [5, 5.41) is 12.1. The molecule has 0 radical (unpaired) electrons. The molecule has 1 atom stereocenters. The predicted octanol–water partition coefficient (Wildman–Crippen LogP) is 2.71. The molecule has 0 amide bonds. The van der Waals surface area contributed by atoms with Gasteiger partial charge in [0.05, 0.1) is 0 Å². The van der Waals surface area contributed by atoms with Gasteiger partial charge in [-0.1, -0.05) is 32.6 Å². The summed E-state index contributed by atoms with van der Waals surface area (Å²) < 4.78 is 0. The third-order valence-corrected chi connectivity index (χ3v) is 2.57. The maximum Gasteiger partial charge on any atom is 0.0431 e. The van der Waals surface area contributed by atoms with Crippen molar-refractivity contribution in [2.75, 3.05) is 13.2 Å². The number of hydrogen-bond donors (Lipinski definition) is 2. The van der Waals surface area contributed by atoms with E-state index in [4.69, 9.17) is 5.11 Å². The second-order valence-electron chi connectivity index (χ2n) is 4.14. The first-order valence-corrected chi connectivity index (χ1v) is 6.15. The number of aliphatic hydroxyl groups is 1. The Hall–Kier alpha value is -0.0800. The van der Waals surface area contributed by atoms with Crippen LogP contribution in [-0.4, -0.2) is 24.3 Å². The van der Waals surface area contributed by atoms with E-state index < -0.39 is 0 Å². The molecule has 0 spiro atoms. The van der Waals surface area contributed by atoms with Gasteiger partial charge in [0.2, 0.25) is 0 Å². The quantitative estimate of drug-likeness (QED) is 0.533. The lowest BCUT2D eigenvalue weighted by Crippen LogP contribution is -2.26. The molecule has 0 bridgehead atoms. The molecule has 0 aliphatic heterocycles. The van der Waals surface area contributed by atoms with E-state index in [9.17, 15) is 0 Å². The summed E-state index contributed by atoms with van der Waals surface area (Å²) in [6, 6.07) is 0.674. The van der Waals surface area contributed by atoms with Gasteiger partial charge in [0.1, 0.15) is 0 Å². The van der Waals surface area contributed by atoms with Gasteiger partial charge in [0.25, 0.3) is 0 Å².